The molecule has 2 spiro atoms. The highest BCUT2D eigenvalue weighted by Gasteiger charge is 2.80. The third-order valence-corrected chi connectivity index (χ3v) is 8.45. The van der Waals surface area contributed by atoms with Crippen molar-refractivity contribution in [2.24, 2.45) is 22.7 Å². The summed E-state index contributed by atoms with van der Waals surface area (Å²) in [5.41, 5.74) is -2.41. The monoisotopic (exact) mass is 460 g/mol. The second kappa shape index (κ2) is 7.41. The fourth-order valence-corrected chi connectivity index (χ4v) is 6.89. The molecule has 0 radical (unpaired) electrons. The Bertz CT molecular complexity index is 994. The molecule has 7 unspecified atom stereocenters. The van der Waals surface area contributed by atoms with Crippen LogP contribution < -0.4 is 0 Å². The number of Topliss-reactive ketones (excluding diaryl/α,β-unsaturated/α-hetero) is 1. The van der Waals surface area contributed by atoms with Crippen LogP contribution in [0.15, 0.2) is 23.0 Å². The fourth-order valence-electron chi connectivity index (χ4n) is 6.89. The molecule has 3 heterocycles. The van der Waals surface area contributed by atoms with Crippen LogP contribution in [0.1, 0.15) is 58.1 Å². The molecule has 2 saturated heterocycles. The Morgan fingerprint density at radius 3 is 2.58 bits per heavy atom. The maximum atomic E-state index is 13.9. The Morgan fingerprint density at radius 2 is 1.97 bits per heavy atom. The first-order valence-electron chi connectivity index (χ1n) is 11.4. The van der Waals surface area contributed by atoms with Gasteiger partial charge < -0.3 is 23.4 Å². The smallest absolute Gasteiger partial charge is 0.313 e. The van der Waals surface area contributed by atoms with Crippen molar-refractivity contribution in [2.45, 2.75) is 64.3 Å². The van der Waals surface area contributed by atoms with Gasteiger partial charge in [0.05, 0.1) is 30.0 Å². The molecule has 9 nitrogen and oxygen atoms in total. The lowest BCUT2D eigenvalue weighted by Gasteiger charge is -2.60. The van der Waals surface area contributed by atoms with Gasteiger partial charge in [0.25, 0.3) is 0 Å². The van der Waals surface area contributed by atoms with Gasteiger partial charge >= 0.3 is 17.9 Å². The average Bonchev–Trinajstić information content (AvgIpc) is 3.19. The van der Waals surface area contributed by atoms with Crippen LogP contribution >= 0.6 is 0 Å². The summed E-state index contributed by atoms with van der Waals surface area (Å²) in [6.07, 6.45) is 3.59. The molecule has 178 valence electrons. The average molecular weight is 460 g/mol. The van der Waals surface area contributed by atoms with Crippen LogP contribution in [-0.2, 0) is 38.1 Å². The number of rotatable bonds is 4. The van der Waals surface area contributed by atoms with Gasteiger partial charge in [-0.1, -0.05) is 13.3 Å². The van der Waals surface area contributed by atoms with Crippen molar-refractivity contribution < 1.29 is 42.5 Å². The molecule has 33 heavy (non-hydrogen) atoms. The molecule has 5 rings (SSSR count). The molecule has 0 bridgehead atoms. The van der Waals surface area contributed by atoms with Gasteiger partial charge in [-0.25, -0.2) is 0 Å². The first-order chi connectivity index (χ1) is 15.7. The van der Waals surface area contributed by atoms with E-state index in [1.54, 1.807) is 13.0 Å². The van der Waals surface area contributed by atoms with Gasteiger partial charge in [0.1, 0.15) is 18.3 Å². The lowest BCUT2D eigenvalue weighted by Crippen LogP contribution is -2.71. The van der Waals surface area contributed by atoms with Crippen molar-refractivity contribution in [3.05, 3.63) is 24.2 Å². The van der Waals surface area contributed by atoms with Crippen molar-refractivity contribution in [1.82, 2.24) is 0 Å². The van der Waals surface area contributed by atoms with E-state index in [-0.39, 0.29) is 18.8 Å². The third-order valence-electron chi connectivity index (χ3n) is 8.45. The second-order valence-electron chi connectivity index (χ2n) is 9.86. The van der Waals surface area contributed by atoms with Gasteiger partial charge in [-0.3, -0.25) is 19.2 Å². The molecule has 1 aromatic rings. The quantitative estimate of drug-likeness (QED) is 0.379. The predicted octanol–water partition coefficient (Wildman–Crippen LogP) is 2.52. The first kappa shape index (κ1) is 22.1. The molecular weight excluding hydrogens is 432 g/mol. The summed E-state index contributed by atoms with van der Waals surface area (Å²) in [6.45, 7) is 4.42. The summed E-state index contributed by atoms with van der Waals surface area (Å²) in [7, 11) is 0. The molecule has 7 atom stereocenters. The molecule has 0 N–H and O–H groups in total. The van der Waals surface area contributed by atoms with E-state index in [0.717, 1.165) is 12.0 Å². The lowest BCUT2D eigenvalue weighted by atomic mass is 9.42. The number of hydrogen-bond acceptors (Lipinski definition) is 9. The largest absolute Gasteiger partial charge is 0.472 e. The van der Waals surface area contributed by atoms with Crippen LogP contribution in [0.25, 0.3) is 0 Å². The minimum absolute atomic E-state index is 0.172. The third kappa shape index (κ3) is 2.94. The fraction of sp³-hybridized carbons (Fsp3) is 0.667. The number of epoxide rings is 1. The number of esters is 3. The highest BCUT2D eigenvalue weighted by molar-refractivity contribution is 5.96. The Hall–Kier alpha value is -2.68. The van der Waals surface area contributed by atoms with E-state index >= 15 is 0 Å². The van der Waals surface area contributed by atoms with Gasteiger partial charge in [-0.05, 0) is 24.8 Å². The summed E-state index contributed by atoms with van der Waals surface area (Å²) >= 11 is 0. The maximum Gasteiger partial charge on any atom is 0.313 e. The van der Waals surface area contributed by atoms with Crippen molar-refractivity contribution in [2.75, 3.05) is 13.2 Å². The van der Waals surface area contributed by atoms with Crippen LogP contribution in [0.4, 0.5) is 0 Å². The molecular formula is C24H28O9. The van der Waals surface area contributed by atoms with E-state index in [0.29, 0.717) is 19.4 Å². The van der Waals surface area contributed by atoms with Crippen LogP contribution in [0.2, 0.25) is 0 Å². The van der Waals surface area contributed by atoms with E-state index in [4.69, 9.17) is 23.4 Å². The van der Waals surface area contributed by atoms with Crippen molar-refractivity contribution in [3.63, 3.8) is 0 Å². The Balaban J connectivity index is 1.67. The Kier molecular flexibility index (Phi) is 4.97. The number of hydrogen-bond donors (Lipinski definition) is 0. The minimum Gasteiger partial charge on any atom is -0.472 e. The number of ether oxygens (including phenoxy) is 4. The molecule has 1 aromatic heterocycles. The van der Waals surface area contributed by atoms with Crippen LogP contribution in [0.3, 0.4) is 0 Å². The summed E-state index contributed by atoms with van der Waals surface area (Å²) in [5, 5.41) is 0. The summed E-state index contributed by atoms with van der Waals surface area (Å²) < 4.78 is 28.2. The molecule has 2 aliphatic carbocycles. The number of carbonyl (C=O) groups is 4. The van der Waals surface area contributed by atoms with E-state index in [1.165, 1.54) is 26.4 Å². The number of cyclic esters (lactones) is 1. The highest BCUT2D eigenvalue weighted by atomic mass is 16.6. The van der Waals surface area contributed by atoms with Crippen LogP contribution in [0, 0.1) is 22.7 Å². The molecule has 4 aliphatic rings. The van der Waals surface area contributed by atoms with Crippen LogP contribution in [0.5, 0.6) is 0 Å². The second-order valence-corrected chi connectivity index (χ2v) is 9.86. The van der Waals surface area contributed by atoms with Crippen LogP contribution in [-0.4, -0.2) is 48.6 Å². The Morgan fingerprint density at radius 1 is 1.21 bits per heavy atom. The number of furan rings is 1. The van der Waals surface area contributed by atoms with Crippen molar-refractivity contribution in [1.29, 1.82) is 0 Å². The zero-order valence-electron chi connectivity index (χ0n) is 19.0. The molecule has 4 fully saturated rings. The number of fused-ring (bicyclic) bond motifs is 3. The SMILES string of the molecule is CC(=O)OCC12C(OC(C)=O)C(=O)C(C)C3(CC(c4ccoc4)OC3=O)C1CCCC21CO1. The van der Waals surface area contributed by atoms with E-state index in [2.05, 4.69) is 0 Å². The van der Waals surface area contributed by atoms with E-state index in [9.17, 15) is 19.2 Å². The zero-order valence-corrected chi connectivity index (χ0v) is 19.0. The topological polar surface area (TPSA) is 122 Å². The Labute approximate surface area is 191 Å². The van der Waals surface area contributed by atoms with Gasteiger partial charge in [-0.15, -0.1) is 0 Å². The summed E-state index contributed by atoms with van der Waals surface area (Å²) in [4.78, 5) is 51.5. The minimum atomic E-state index is -1.18. The standard InChI is InChI=1S/C24H28O9/c1-13-19(27)20(32-15(3)26)24(12-30-14(2)25)18(5-4-7-22(24)11-31-22)23(13)9-17(33-21(23)28)16-6-8-29-10-16/h6,8,10,13,17-18,20H,4-5,7,9,11-12H2,1-3H3. The number of carbonyl (C=O) groups excluding carboxylic acids is 4. The summed E-state index contributed by atoms with van der Waals surface area (Å²) in [5.74, 6) is -3.14. The zero-order chi connectivity index (χ0) is 23.6. The molecule has 0 aromatic carbocycles. The first-order valence-corrected chi connectivity index (χ1v) is 11.4. The highest BCUT2D eigenvalue weighted by Crippen LogP contribution is 2.70. The normalized spacial score (nSPS) is 41.5. The molecule has 2 aliphatic heterocycles. The molecule has 0 amide bonds. The van der Waals surface area contributed by atoms with Gasteiger partial charge in [0.2, 0.25) is 0 Å². The van der Waals surface area contributed by atoms with E-state index in [1.807, 2.05) is 0 Å². The molecule has 9 heteroatoms. The van der Waals surface area contributed by atoms with Crippen molar-refractivity contribution >= 4 is 23.7 Å². The maximum absolute atomic E-state index is 13.9. The predicted molar refractivity (Wildman–Crippen MR) is 109 cm³/mol. The van der Waals surface area contributed by atoms with E-state index < -0.39 is 58.4 Å². The van der Waals surface area contributed by atoms with Crippen molar-refractivity contribution in [3.8, 4) is 0 Å². The van der Waals surface area contributed by atoms with Gasteiger partial charge in [0.15, 0.2) is 11.9 Å². The van der Waals surface area contributed by atoms with Gasteiger partial charge in [0, 0.05) is 31.7 Å². The number of ketones is 1. The van der Waals surface area contributed by atoms with Gasteiger partial charge in [-0.2, -0.15) is 0 Å². The molecule has 2 saturated carbocycles. The lowest BCUT2D eigenvalue weighted by molar-refractivity contribution is -0.223. The summed E-state index contributed by atoms with van der Waals surface area (Å²) in [6, 6.07) is 1.74.